The molecule has 0 spiro atoms. The van der Waals surface area contributed by atoms with Crippen LogP contribution in [0.15, 0.2) is 65.9 Å². The Morgan fingerprint density at radius 3 is 2.77 bits per heavy atom. The molecule has 0 aliphatic carbocycles. The van der Waals surface area contributed by atoms with Gasteiger partial charge in [-0.3, -0.25) is 15.5 Å². The average Bonchev–Trinajstić information content (AvgIpc) is 2.78. The normalized spacial score (nSPS) is 10.4. The molecular formula is C21H17N5O4. The van der Waals surface area contributed by atoms with Gasteiger partial charge in [-0.25, -0.2) is 4.98 Å². The van der Waals surface area contributed by atoms with E-state index in [0.717, 1.165) is 17.3 Å². The average molecular weight is 403 g/mol. The molecule has 0 unspecified atom stereocenters. The Balaban J connectivity index is 1.65. The van der Waals surface area contributed by atoms with Crippen LogP contribution < -0.4 is 14.9 Å². The van der Waals surface area contributed by atoms with Gasteiger partial charge in [0.1, 0.15) is 18.6 Å². The van der Waals surface area contributed by atoms with Crippen LogP contribution in [0.4, 0.5) is 11.5 Å². The number of ether oxygens (including phenoxy) is 2. The van der Waals surface area contributed by atoms with Crippen molar-refractivity contribution >= 4 is 17.7 Å². The fourth-order valence-electron chi connectivity index (χ4n) is 2.53. The minimum atomic E-state index is -0.519. The number of nitro groups is 1. The molecular weight excluding hydrogens is 386 g/mol. The fourth-order valence-corrected chi connectivity index (χ4v) is 2.53. The maximum Gasteiger partial charge on any atom is 0.287 e. The summed E-state index contributed by atoms with van der Waals surface area (Å²) in [7, 11) is 1.53. The van der Waals surface area contributed by atoms with Crippen LogP contribution in [0.25, 0.3) is 0 Å². The second-order valence-corrected chi connectivity index (χ2v) is 6.00. The molecule has 3 rings (SSSR count). The number of anilines is 1. The van der Waals surface area contributed by atoms with Crippen LogP contribution in [0, 0.1) is 21.4 Å². The molecule has 3 aromatic rings. The Morgan fingerprint density at radius 2 is 2.07 bits per heavy atom. The zero-order valence-electron chi connectivity index (χ0n) is 16.0. The first-order valence-electron chi connectivity index (χ1n) is 8.79. The Hall–Kier alpha value is -4.45. The van der Waals surface area contributed by atoms with E-state index in [1.54, 1.807) is 36.5 Å². The van der Waals surface area contributed by atoms with Crippen molar-refractivity contribution in [3.05, 3.63) is 87.6 Å². The van der Waals surface area contributed by atoms with E-state index >= 15 is 0 Å². The van der Waals surface area contributed by atoms with Crippen molar-refractivity contribution in [1.82, 2.24) is 4.98 Å². The Bertz CT molecular complexity index is 1110. The second kappa shape index (κ2) is 9.66. The third kappa shape index (κ3) is 5.08. The van der Waals surface area contributed by atoms with Gasteiger partial charge in [-0.15, -0.1) is 0 Å². The molecule has 0 bridgehead atoms. The van der Waals surface area contributed by atoms with Crippen LogP contribution in [0.5, 0.6) is 11.5 Å². The van der Waals surface area contributed by atoms with E-state index in [9.17, 15) is 15.4 Å². The highest BCUT2D eigenvalue weighted by Gasteiger charge is 2.08. The Labute approximate surface area is 172 Å². The molecule has 0 amide bonds. The Kier molecular flexibility index (Phi) is 6.53. The molecule has 0 saturated heterocycles. The molecule has 150 valence electrons. The van der Waals surface area contributed by atoms with Crippen LogP contribution in [-0.4, -0.2) is 23.2 Å². The van der Waals surface area contributed by atoms with Gasteiger partial charge in [-0.1, -0.05) is 18.2 Å². The molecule has 9 heteroatoms. The van der Waals surface area contributed by atoms with Crippen LogP contribution >= 0.6 is 0 Å². The maximum atomic E-state index is 10.6. The third-order valence-corrected chi connectivity index (χ3v) is 4.06. The molecule has 0 aliphatic heterocycles. The zero-order valence-corrected chi connectivity index (χ0v) is 16.0. The van der Waals surface area contributed by atoms with Gasteiger partial charge in [0.25, 0.3) is 5.69 Å². The first-order chi connectivity index (χ1) is 14.6. The van der Waals surface area contributed by atoms with Gasteiger partial charge in [0.05, 0.1) is 29.9 Å². The lowest BCUT2D eigenvalue weighted by Gasteiger charge is -2.12. The van der Waals surface area contributed by atoms with Gasteiger partial charge in [-0.05, 0) is 35.9 Å². The molecule has 0 saturated carbocycles. The fraction of sp³-hybridized carbons (Fsp3) is 0.0952. The molecule has 0 radical (unpaired) electrons. The van der Waals surface area contributed by atoms with Crippen molar-refractivity contribution in [3.63, 3.8) is 0 Å². The van der Waals surface area contributed by atoms with Crippen LogP contribution in [0.1, 0.15) is 16.7 Å². The maximum absolute atomic E-state index is 10.6. The number of pyridine rings is 1. The minimum Gasteiger partial charge on any atom is -0.493 e. The van der Waals surface area contributed by atoms with Crippen molar-refractivity contribution < 1.29 is 14.4 Å². The molecule has 9 nitrogen and oxygen atoms in total. The van der Waals surface area contributed by atoms with Gasteiger partial charge in [0, 0.05) is 11.6 Å². The highest BCUT2D eigenvalue weighted by Crippen LogP contribution is 2.28. The van der Waals surface area contributed by atoms with Crippen molar-refractivity contribution in [3.8, 4) is 17.6 Å². The number of hydrogen-bond donors (Lipinski definition) is 1. The number of nitrogens with zero attached hydrogens (tertiary/aromatic N) is 4. The summed E-state index contributed by atoms with van der Waals surface area (Å²) < 4.78 is 11.2. The molecule has 2 aromatic carbocycles. The van der Waals surface area contributed by atoms with E-state index in [2.05, 4.69) is 21.6 Å². The SMILES string of the molecule is COc1cc(/C=N\Nc2ccc([N+](=O)[O-])cn2)ccc1OCc1ccccc1C#N. The predicted molar refractivity (Wildman–Crippen MR) is 111 cm³/mol. The molecule has 0 aliphatic rings. The van der Waals surface area contributed by atoms with Crippen molar-refractivity contribution in [2.24, 2.45) is 5.10 Å². The van der Waals surface area contributed by atoms with Crippen molar-refractivity contribution in [1.29, 1.82) is 5.26 Å². The molecule has 0 fully saturated rings. The van der Waals surface area contributed by atoms with E-state index in [1.807, 2.05) is 12.1 Å². The highest BCUT2D eigenvalue weighted by atomic mass is 16.6. The van der Waals surface area contributed by atoms with Crippen molar-refractivity contribution in [2.75, 3.05) is 12.5 Å². The largest absolute Gasteiger partial charge is 0.493 e. The third-order valence-electron chi connectivity index (χ3n) is 4.06. The number of methoxy groups -OCH3 is 1. The van der Waals surface area contributed by atoms with Gasteiger partial charge in [0.15, 0.2) is 11.5 Å². The molecule has 1 N–H and O–H groups in total. The van der Waals surface area contributed by atoms with Gasteiger partial charge in [0.2, 0.25) is 0 Å². The summed E-state index contributed by atoms with van der Waals surface area (Å²) in [4.78, 5) is 14.0. The Morgan fingerprint density at radius 1 is 1.23 bits per heavy atom. The number of aromatic nitrogens is 1. The van der Waals surface area contributed by atoms with Crippen LogP contribution in [-0.2, 0) is 6.61 Å². The first kappa shape index (κ1) is 20.3. The number of nitriles is 1. The van der Waals surface area contributed by atoms with Gasteiger partial charge < -0.3 is 9.47 Å². The molecule has 1 aromatic heterocycles. The lowest BCUT2D eigenvalue weighted by atomic mass is 10.1. The number of hydrazone groups is 1. The van der Waals surface area contributed by atoms with E-state index in [-0.39, 0.29) is 12.3 Å². The van der Waals surface area contributed by atoms with E-state index in [4.69, 9.17) is 9.47 Å². The first-order valence-corrected chi connectivity index (χ1v) is 8.79. The minimum absolute atomic E-state index is 0.0951. The van der Waals surface area contributed by atoms with Crippen molar-refractivity contribution in [2.45, 2.75) is 6.61 Å². The quantitative estimate of drug-likeness (QED) is 0.344. The van der Waals surface area contributed by atoms with Gasteiger partial charge in [-0.2, -0.15) is 10.4 Å². The summed E-state index contributed by atoms with van der Waals surface area (Å²) in [5.41, 5.74) is 4.70. The lowest BCUT2D eigenvalue weighted by molar-refractivity contribution is -0.385. The van der Waals surface area contributed by atoms with E-state index in [1.165, 1.54) is 19.2 Å². The monoisotopic (exact) mass is 403 g/mol. The number of nitrogens with one attached hydrogen (secondary N) is 1. The standard InChI is InChI=1S/C21H17N5O4/c1-29-20-10-15(12-24-25-21-9-7-18(13-23-21)26(27)28)6-8-19(20)30-14-17-5-3-2-4-16(17)11-22/h2-10,12-13H,14H2,1H3,(H,23,25)/b24-12-. The topological polar surface area (TPSA) is 123 Å². The molecule has 30 heavy (non-hydrogen) atoms. The lowest BCUT2D eigenvalue weighted by Crippen LogP contribution is -2.00. The zero-order chi connectivity index (χ0) is 21.3. The number of benzene rings is 2. The molecule has 0 atom stereocenters. The van der Waals surface area contributed by atoms with Crippen LogP contribution in [0.2, 0.25) is 0 Å². The summed E-state index contributed by atoms with van der Waals surface area (Å²) in [6, 6.07) is 17.5. The summed E-state index contributed by atoms with van der Waals surface area (Å²) in [6.07, 6.45) is 2.71. The second-order valence-electron chi connectivity index (χ2n) is 6.00. The van der Waals surface area contributed by atoms with Gasteiger partial charge >= 0.3 is 0 Å². The highest BCUT2D eigenvalue weighted by molar-refractivity contribution is 5.81. The summed E-state index contributed by atoms with van der Waals surface area (Å²) in [5, 5.41) is 23.9. The predicted octanol–water partition coefficient (Wildman–Crippen LogP) is 3.90. The number of rotatable bonds is 8. The summed E-state index contributed by atoms with van der Waals surface area (Å²) in [5.74, 6) is 1.43. The molecule has 1 heterocycles. The summed E-state index contributed by atoms with van der Waals surface area (Å²) in [6.45, 7) is 0.237. The van der Waals surface area contributed by atoms with E-state index in [0.29, 0.717) is 22.9 Å². The van der Waals surface area contributed by atoms with Crippen LogP contribution in [0.3, 0.4) is 0 Å². The summed E-state index contributed by atoms with van der Waals surface area (Å²) >= 11 is 0. The van der Waals surface area contributed by atoms with E-state index < -0.39 is 4.92 Å². The smallest absolute Gasteiger partial charge is 0.287 e. The number of hydrogen-bond acceptors (Lipinski definition) is 8.